The molecule has 98 heavy (non-hydrogen) atoms. The van der Waals surface area contributed by atoms with Crippen LogP contribution in [0.25, 0.3) is 33.7 Å². The van der Waals surface area contributed by atoms with E-state index in [2.05, 4.69) is 45.3 Å². The number of H-pyrrole nitrogens is 1. The molecule has 29 nitrogen and oxygen atoms in total. The van der Waals surface area contributed by atoms with Gasteiger partial charge in [0, 0.05) is 49.2 Å². The van der Waals surface area contributed by atoms with Crippen molar-refractivity contribution in [2.75, 3.05) is 55.9 Å². The number of fused-ring (bicyclic) bond motifs is 4. The molecule has 6 atom stereocenters. The van der Waals surface area contributed by atoms with E-state index < -0.39 is 49.6 Å². The van der Waals surface area contributed by atoms with Crippen molar-refractivity contribution in [3.63, 3.8) is 0 Å². The number of esters is 1. The molecule has 2 fully saturated rings. The predicted octanol–water partition coefficient (Wildman–Crippen LogP) is 8.88. The molecule has 0 aliphatic carbocycles. The first-order valence-electron chi connectivity index (χ1n) is 31.6. The smallest absolute Gasteiger partial charge is 0.343 e. The van der Waals surface area contributed by atoms with Gasteiger partial charge in [-0.25, -0.2) is 29.5 Å². The Morgan fingerprint density at radius 2 is 1.53 bits per heavy atom. The largest absolute Gasteiger partial charge is 0.492 e. The van der Waals surface area contributed by atoms with E-state index in [-0.39, 0.29) is 90.2 Å². The van der Waals surface area contributed by atoms with Crippen molar-refractivity contribution >= 4 is 131 Å². The molecule has 35 heteroatoms. The van der Waals surface area contributed by atoms with Crippen LogP contribution in [-0.4, -0.2) is 119 Å². The molecule has 0 bridgehead atoms. The Kier molecular flexibility index (Phi) is 24.2. The van der Waals surface area contributed by atoms with Gasteiger partial charge < -0.3 is 70.1 Å². The zero-order valence-corrected chi connectivity index (χ0v) is 58.1. The van der Waals surface area contributed by atoms with Gasteiger partial charge in [-0.1, -0.05) is 67.4 Å². The summed E-state index contributed by atoms with van der Waals surface area (Å²) in [6.45, 7) is -6.14. The van der Waals surface area contributed by atoms with Crippen LogP contribution in [0.3, 0.4) is 0 Å². The predicted molar refractivity (Wildman–Crippen MR) is 379 cm³/mol. The highest BCUT2D eigenvalue weighted by Gasteiger charge is 2.38. The summed E-state index contributed by atoms with van der Waals surface area (Å²) in [4.78, 5) is 89.2. The van der Waals surface area contributed by atoms with Crippen LogP contribution in [-0.2, 0) is 73.1 Å². The average Bonchev–Trinajstić information content (AvgIpc) is 1.34. The number of ether oxygens (including phenoxy) is 4. The van der Waals surface area contributed by atoms with E-state index in [0.29, 0.717) is 111 Å². The number of nitrogen functional groups attached to an aromatic ring is 2. The van der Waals surface area contributed by atoms with Gasteiger partial charge in [0.1, 0.15) is 56.1 Å². The first kappa shape index (κ1) is 71.4. The standard InChI is InChI=1S/C63H73N16O13P3S3/c64-54-46-13-5-6-14-48(46)77(51(81)16-8-7-15-50(80)68-27-9-1-2-10-29-87-93-96)32-41-11-3-4-12-45(41)55(54)69-28-30-86-42-23-19-40(20-24-42)62(83)91-43-21-17-39(18-22-43)35-98-94(67,84)88-34-49-47(31-53(92-49)79-38-73-57-60(79)74-63(66)75-61(57)82)76-95(85,97)89-33-44-25-26-52(90-44)78-37-72-56-58(65)70-36-71-59(56)78/h3-6,11-14,17-24,36-38,44,49,52-53,69H,1-2,7-10,15-16,25-35,64H2,(H2,67,84)(H,68,80)(H,85,97)(H2,65,70,71)(H3,66,74,75,82). The maximum atomic E-state index is 14.0. The lowest BCUT2D eigenvalue weighted by Crippen LogP contribution is -2.34. The fourth-order valence-electron chi connectivity index (χ4n) is 11.4. The van der Waals surface area contributed by atoms with E-state index in [9.17, 15) is 28.6 Å². The van der Waals surface area contributed by atoms with Crippen molar-refractivity contribution < 1.29 is 56.4 Å². The van der Waals surface area contributed by atoms with Gasteiger partial charge >= 0.3 is 19.3 Å². The maximum Gasteiger partial charge on any atom is 0.343 e. The van der Waals surface area contributed by atoms with Crippen molar-refractivity contribution in [3.05, 3.63) is 154 Å². The highest BCUT2D eigenvalue weighted by Crippen LogP contribution is 2.54. The monoisotopic (exact) mass is 1450 g/mol. The lowest BCUT2D eigenvalue weighted by atomic mass is 9.95. The van der Waals surface area contributed by atoms with Gasteiger partial charge in [-0.2, -0.15) is 4.98 Å². The van der Waals surface area contributed by atoms with Crippen LogP contribution < -0.4 is 53.3 Å². The molecule has 7 heterocycles. The number of carbonyl (C=O) groups excluding carboxylic acids is 3. The topological polar surface area (TPSA) is 404 Å². The van der Waals surface area contributed by atoms with Crippen LogP contribution in [0.15, 0.2) is 126 Å². The van der Waals surface area contributed by atoms with E-state index >= 15 is 0 Å². The van der Waals surface area contributed by atoms with Crippen molar-refractivity contribution in [3.8, 4) is 11.5 Å². The number of unbranched alkanes of at least 4 members (excludes halogenated alkanes) is 4. The number of benzene rings is 4. The highest BCUT2D eigenvalue weighted by molar-refractivity contribution is 8.55. The summed E-state index contributed by atoms with van der Waals surface area (Å²) in [5, 5.41) is 6.49. The van der Waals surface area contributed by atoms with Gasteiger partial charge in [0.05, 0.1) is 73.5 Å². The number of hydrogen-bond donors (Lipinski definition) is 8. The first-order valence-corrected chi connectivity index (χ1v) is 39.3. The molecule has 6 unspecified atom stereocenters. The van der Waals surface area contributed by atoms with E-state index in [1.807, 2.05) is 48.5 Å². The number of nitrogens with zero attached hydrogens (tertiary/aromatic N) is 9. The summed E-state index contributed by atoms with van der Waals surface area (Å²) in [6, 6.07) is 28.5. The lowest BCUT2D eigenvalue weighted by molar-refractivity contribution is -0.122. The van der Waals surface area contributed by atoms with E-state index in [0.717, 1.165) is 48.2 Å². The third-order valence-electron chi connectivity index (χ3n) is 16.3. The summed E-state index contributed by atoms with van der Waals surface area (Å²) < 4.78 is 62.8. The van der Waals surface area contributed by atoms with Crippen molar-refractivity contribution in [2.45, 2.75) is 108 Å². The van der Waals surface area contributed by atoms with Crippen LogP contribution in [0.1, 0.15) is 116 Å². The molecule has 2 amide bonds. The Labute approximate surface area is 578 Å². The highest BCUT2D eigenvalue weighted by atomic mass is 32.7. The summed E-state index contributed by atoms with van der Waals surface area (Å²) in [5.41, 5.74) is 31.2. The molecule has 8 aromatic rings. The third kappa shape index (κ3) is 18.5. The van der Waals surface area contributed by atoms with Crippen LogP contribution in [0, 0.1) is 0 Å². The second-order valence-electron chi connectivity index (χ2n) is 23.1. The lowest BCUT2D eigenvalue weighted by Gasteiger charge is -2.30. The Morgan fingerprint density at radius 3 is 2.34 bits per heavy atom. The average molecular weight is 1450 g/mol. The van der Waals surface area contributed by atoms with Gasteiger partial charge in [0.2, 0.25) is 17.8 Å². The SMILES string of the molecule is NC1=C(NCCOc2ccc(C(=O)Oc3ccc(CSP(N)(=O)OCC4OC(n5cnc6c(=O)[nH]c(N)nc65)CC4=NP(O)(=S)OCC4CCC(n5cnc6c(N)ncnc65)O4)cc3)cc2)c2ccccc2CN(C(=O)CCCCC(=O)NCCCCCCOP=S)c2ccccc21. The first-order chi connectivity index (χ1) is 47.4. The minimum Gasteiger partial charge on any atom is -0.492 e. The Balaban J connectivity index is 0.640. The molecule has 4 aromatic heterocycles. The molecule has 12 N–H and O–H groups in total. The number of anilines is 3. The Bertz CT molecular complexity index is 4410. The van der Waals surface area contributed by atoms with Crippen LogP contribution in [0.5, 0.6) is 11.5 Å². The molecule has 3 aliphatic rings. The second-order valence-corrected chi connectivity index (χ2v) is 31.0. The number of para-hydroxylation sites is 1. The van der Waals surface area contributed by atoms with E-state index in [1.54, 1.807) is 64.3 Å². The molecule has 0 saturated carbocycles. The molecular weight excluding hydrogens is 1380 g/mol. The van der Waals surface area contributed by atoms with Crippen molar-refractivity contribution in [1.29, 1.82) is 0 Å². The van der Waals surface area contributed by atoms with Crippen molar-refractivity contribution in [2.24, 2.45) is 16.0 Å². The molecule has 4 aromatic carbocycles. The molecule has 11 rings (SSSR count). The van der Waals surface area contributed by atoms with E-state index in [4.69, 9.17) is 78.8 Å². The number of rotatable bonds is 32. The zero-order chi connectivity index (χ0) is 68.8. The normalized spacial score (nSPS) is 18.6. The zero-order valence-electron chi connectivity index (χ0n) is 53.0. The third-order valence-corrected chi connectivity index (χ3v) is 21.5. The van der Waals surface area contributed by atoms with Gasteiger partial charge in [-0.05, 0) is 127 Å². The molecule has 2 saturated heterocycles. The summed E-state index contributed by atoms with van der Waals surface area (Å²) in [5.74, 6) is 0.328. The number of carbonyl (C=O) groups is 3. The molecule has 516 valence electrons. The summed E-state index contributed by atoms with van der Waals surface area (Å²) in [7, 11) is 0.527. The summed E-state index contributed by atoms with van der Waals surface area (Å²) in [6.07, 6.45) is 8.18. The molecular formula is C63H73N16O13P3S3. The number of aromatic amines is 1. The van der Waals surface area contributed by atoms with Crippen molar-refractivity contribution in [1.82, 2.24) is 49.7 Å². The maximum absolute atomic E-state index is 14.0. The fraction of sp³-hybridized carbons (Fsp3) is 0.365. The molecule has 0 radical (unpaired) electrons. The Hall–Kier alpha value is -7.93. The Morgan fingerprint density at radius 1 is 0.796 bits per heavy atom. The number of aromatic nitrogens is 8. The molecule has 0 spiro atoms. The minimum atomic E-state index is -3.94. The second kappa shape index (κ2) is 33.3. The van der Waals surface area contributed by atoms with Crippen LogP contribution >= 0.6 is 32.3 Å². The van der Waals surface area contributed by atoms with Crippen LogP contribution in [0.2, 0.25) is 0 Å². The summed E-state index contributed by atoms with van der Waals surface area (Å²) >= 11 is 11.2. The number of nitrogens with one attached hydrogen (secondary N) is 3. The molecule has 3 aliphatic heterocycles. The minimum absolute atomic E-state index is 0.00402. The number of nitrogens with two attached hydrogens (primary N) is 4. The van der Waals surface area contributed by atoms with Crippen LogP contribution in [0.4, 0.5) is 17.5 Å². The number of amides is 2. The van der Waals surface area contributed by atoms with Gasteiger partial charge in [0.15, 0.2) is 22.6 Å². The van der Waals surface area contributed by atoms with Gasteiger partial charge in [0.25, 0.3) is 5.56 Å². The number of imidazole rings is 2. The van der Waals surface area contributed by atoms with Gasteiger partial charge in [-0.15, -0.1) is 0 Å². The fourth-order valence-corrected chi connectivity index (χ4v) is 15.6. The van der Waals surface area contributed by atoms with E-state index in [1.165, 1.54) is 17.2 Å². The quantitative estimate of drug-likeness (QED) is 0.00844. The van der Waals surface area contributed by atoms with Gasteiger partial charge in [-0.3, -0.25) is 38.6 Å². The number of hydrogen-bond acceptors (Lipinski definition) is 24.